The van der Waals surface area contributed by atoms with Crippen LogP contribution in [0.15, 0.2) is 24.4 Å². The molecule has 1 aliphatic rings. The Bertz CT molecular complexity index is 831. The topological polar surface area (TPSA) is 70.6 Å². The summed E-state index contributed by atoms with van der Waals surface area (Å²) in [6, 6.07) is 5.42. The molecule has 7 nitrogen and oxygen atoms in total. The maximum atomic E-state index is 12.5. The number of carbonyl (C=O) groups is 1. The first kappa shape index (κ1) is 20.2. The third-order valence-corrected chi connectivity index (χ3v) is 5.95. The van der Waals surface area contributed by atoms with Crippen LogP contribution >= 0.6 is 45.8 Å². The molecule has 1 saturated heterocycles. The van der Waals surface area contributed by atoms with Gasteiger partial charge in [0.25, 0.3) is 0 Å². The van der Waals surface area contributed by atoms with Crippen molar-refractivity contribution in [2.75, 3.05) is 50.1 Å². The van der Waals surface area contributed by atoms with Gasteiger partial charge in [-0.15, -0.1) is 0 Å². The van der Waals surface area contributed by atoms with Crippen molar-refractivity contribution in [1.82, 2.24) is 14.9 Å². The van der Waals surface area contributed by atoms with Gasteiger partial charge in [-0.2, -0.15) is 0 Å². The van der Waals surface area contributed by atoms with Crippen LogP contribution in [0.1, 0.15) is 0 Å². The van der Waals surface area contributed by atoms with Crippen LogP contribution in [0.5, 0.6) is 5.75 Å². The number of nitrogens with one attached hydrogen (secondary N) is 1. The zero-order chi connectivity index (χ0) is 19.4. The van der Waals surface area contributed by atoms with Crippen LogP contribution in [-0.2, 0) is 4.79 Å². The molecule has 2 heterocycles. The molecule has 1 N–H and O–H groups in total. The Kier molecular flexibility index (Phi) is 6.83. The second-order valence-corrected chi connectivity index (χ2v) is 7.78. The summed E-state index contributed by atoms with van der Waals surface area (Å²) in [5, 5.41) is 3.99. The van der Waals surface area contributed by atoms with Gasteiger partial charge in [-0.1, -0.05) is 11.6 Å². The van der Waals surface area contributed by atoms with Crippen molar-refractivity contribution in [3.05, 3.63) is 38.3 Å². The number of hydrogen-bond acceptors (Lipinski definition) is 6. The second-order valence-electron chi connectivity index (χ2n) is 5.87. The minimum atomic E-state index is 0.0300. The van der Waals surface area contributed by atoms with Crippen molar-refractivity contribution in [2.24, 2.45) is 0 Å². The molecule has 0 aliphatic carbocycles. The Balaban J connectivity index is 1.55. The van der Waals surface area contributed by atoms with E-state index in [9.17, 15) is 4.79 Å². The molecule has 0 spiro atoms. The minimum Gasteiger partial charge on any atom is -0.495 e. The SMILES string of the molecule is COc1cc(Cl)c(I)cc1NCC(=O)N1CCN(c2ccnc(Cl)n2)CC1. The monoisotopic (exact) mass is 521 g/mol. The van der Waals surface area contributed by atoms with Crippen molar-refractivity contribution < 1.29 is 9.53 Å². The number of amides is 1. The highest BCUT2D eigenvalue weighted by molar-refractivity contribution is 14.1. The van der Waals surface area contributed by atoms with Crippen LogP contribution in [-0.4, -0.2) is 60.6 Å². The zero-order valence-electron chi connectivity index (χ0n) is 14.6. The van der Waals surface area contributed by atoms with E-state index in [1.54, 1.807) is 19.4 Å². The van der Waals surface area contributed by atoms with Crippen molar-refractivity contribution in [3.63, 3.8) is 0 Å². The molecule has 0 unspecified atom stereocenters. The predicted octanol–water partition coefficient (Wildman–Crippen LogP) is 3.16. The molecule has 0 radical (unpaired) electrons. The van der Waals surface area contributed by atoms with E-state index in [1.807, 2.05) is 17.0 Å². The van der Waals surface area contributed by atoms with Gasteiger partial charge in [0.05, 0.1) is 24.4 Å². The summed E-state index contributed by atoms with van der Waals surface area (Å²) in [4.78, 5) is 24.6. The maximum Gasteiger partial charge on any atom is 0.241 e. The molecule has 3 rings (SSSR count). The summed E-state index contributed by atoms with van der Waals surface area (Å²) in [6.07, 6.45) is 1.63. The summed E-state index contributed by atoms with van der Waals surface area (Å²) in [7, 11) is 1.57. The second kappa shape index (κ2) is 9.11. The number of nitrogens with zero attached hydrogens (tertiary/aromatic N) is 4. The third kappa shape index (κ3) is 5.05. The number of rotatable bonds is 5. The van der Waals surface area contributed by atoms with E-state index >= 15 is 0 Å². The lowest BCUT2D eigenvalue weighted by Crippen LogP contribution is -2.50. The Labute approximate surface area is 181 Å². The standard InChI is InChI=1S/C17H18Cl2IN5O2/c1-27-14-8-11(18)12(20)9-13(14)22-10-16(26)25-6-4-24(5-7-25)15-2-3-21-17(19)23-15/h2-3,8-9,22H,4-7,10H2,1H3. The molecule has 144 valence electrons. The molecule has 1 amide bonds. The highest BCUT2D eigenvalue weighted by atomic mass is 127. The minimum absolute atomic E-state index is 0.0300. The van der Waals surface area contributed by atoms with Gasteiger partial charge in [-0.3, -0.25) is 4.79 Å². The van der Waals surface area contributed by atoms with Crippen molar-refractivity contribution in [3.8, 4) is 5.75 Å². The molecule has 10 heteroatoms. The lowest BCUT2D eigenvalue weighted by atomic mass is 10.2. The van der Waals surface area contributed by atoms with E-state index in [4.69, 9.17) is 27.9 Å². The van der Waals surface area contributed by atoms with Crippen molar-refractivity contribution in [1.29, 1.82) is 0 Å². The maximum absolute atomic E-state index is 12.5. The van der Waals surface area contributed by atoms with Gasteiger partial charge in [0.15, 0.2) is 0 Å². The molecule has 1 aliphatic heterocycles. The van der Waals surface area contributed by atoms with E-state index in [1.165, 1.54) is 0 Å². The fourth-order valence-electron chi connectivity index (χ4n) is 2.81. The van der Waals surface area contributed by atoms with Gasteiger partial charge in [0, 0.05) is 42.0 Å². The average Bonchev–Trinajstić information content (AvgIpc) is 2.68. The van der Waals surface area contributed by atoms with E-state index in [2.05, 4.69) is 42.8 Å². The number of piperazine rings is 1. The molecule has 1 aromatic heterocycles. The van der Waals surface area contributed by atoms with Crippen LogP contribution in [0.2, 0.25) is 10.3 Å². The van der Waals surface area contributed by atoms with E-state index < -0.39 is 0 Å². The van der Waals surface area contributed by atoms with Gasteiger partial charge in [0.1, 0.15) is 11.6 Å². The van der Waals surface area contributed by atoms with Gasteiger partial charge in [-0.05, 0) is 46.3 Å². The summed E-state index contributed by atoms with van der Waals surface area (Å²) in [5.41, 5.74) is 0.744. The van der Waals surface area contributed by atoms with Crippen molar-refractivity contribution in [2.45, 2.75) is 0 Å². The molecular formula is C17H18Cl2IN5O2. The average molecular weight is 522 g/mol. The Morgan fingerprint density at radius 3 is 2.70 bits per heavy atom. The summed E-state index contributed by atoms with van der Waals surface area (Å²) >= 11 is 14.1. The highest BCUT2D eigenvalue weighted by Crippen LogP contribution is 2.32. The Hall–Kier alpha value is -1.52. The molecule has 0 bridgehead atoms. The number of benzene rings is 1. The number of carbonyl (C=O) groups excluding carboxylic acids is 1. The summed E-state index contributed by atoms with van der Waals surface area (Å²) in [6.45, 7) is 2.82. The Morgan fingerprint density at radius 2 is 2.04 bits per heavy atom. The van der Waals surface area contributed by atoms with E-state index in [0.29, 0.717) is 37.0 Å². The smallest absolute Gasteiger partial charge is 0.241 e. The normalized spacial score (nSPS) is 14.2. The molecule has 0 atom stereocenters. The zero-order valence-corrected chi connectivity index (χ0v) is 18.3. The molecule has 27 heavy (non-hydrogen) atoms. The number of methoxy groups -OCH3 is 1. The summed E-state index contributed by atoms with van der Waals surface area (Å²) < 4.78 is 6.22. The van der Waals surface area contributed by atoms with Crippen LogP contribution in [0.25, 0.3) is 0 Å². The van der Waals surface area contributed by atoms with Gasteiger partial charge < -0.3 is 19.9 Å². The predicted molar refractivity (Wildman–Crippen MR) is 115 cm³/mol. The van der Waals surface area contributed by atoms with Crippen molar-refractivity contribution >= 4 is 63.2 Å². The highest BCUT2D eigenvalue weighted by Gasteiger charge is 2.22. The molecule has 1 fully saturated rings. The number of anilines is 2. The molecule has 2 aromatic rings. The number of aromatic nitrogens is 2. The van der Waals surface area contributed by atoms with Crippen LogP contribution in [0, 0.1) is 3.57 Å². The fraction of sp³-hybridized carbons (Fsp3) is 0.353. The van der Waals surface area contributed by atoms with Gasteiger partial charge in [-0.25, -0.2) is 9.97 Å². The quantitative estimate of drug-likeness (QED) is 0.481. The number of halogens is 3. The lowest BCUT2D eigenvalue weighted by molar-refractivity contribution is -0.129. The fourth-order valence-corrected chi connectivity index (χ4v) is 3.57. The number of ether oxygens (including phenoxy) is 1. The van der Waals surface area contributed by atoms with Crippen LogP contribution in [0.4, 0.5) is 11.5 Å². The Morgan fingerprint density at radius 1 is 1.30 bits per heavy atom. The van der Waals surface area contributed by atoms with E-state index in [0.717, 1.165) is 15.1 Å². The molecule has 0 saturated carbocycles. The van der Waals surface area contributed by atoms with Gasteiger partial charge in [0.2, 0.25) is 11.2 Å². The van der Waals surface area contributed by atoms with Crippen LogP contribution in [0.3, 0.4) is 0 Å². The molecular weight excluding hydrogens is 504 g/mol. The van der Waals surface area contributed by atoms with Crippen LogP contribution < -0.4 is 15.0 Å². The lowest BCUT2D eigenvalue weighted by Gasteiger charge is -2.35. The molecule has 1 aromatic carbocycles. The van der Waals surface area contributed by atoms with E-state index in [-0.39, 0.29) is 17.7 Å². The summed E-state index contributed by atoms with van der Waals surface area (Å²) in [5.74, 6) is 1.42. The largest absolute Gasteiger partial charge is 0.495 e. The first-order chi connectivity index (χ1) is 13.0. The first-order valence-corrected chi connectivity index (χ1v) is 10.1. The number of hydrogen-bond donors (Lipinski definition) is 1. The first-order valence-electron chi connectivity index (χ1n) is 8.26. The third-order valence-electron chi connectivity index (χ3n) is 4.24. The van der Waals surface area contributed by atoms with Gasteiger partial charge >= 0.3 is 0 Å².